The molecule has 1 saturated heterocycles. The number of aliphatic hydroxyl groups is 2. The fourth-order valence-corrected chi connectivity index (χ4v) is 5.62. The van der Waals surface area contributed by atoms with E-state index in [0.29, 0.717) is 18.4 Å². The molecule has 0 unspecified atom stereocenters. The van der Waals surface area contributed by atoms with Gasteiger partial charge in [0, 0.05) is 29.2 Å². The molecule has 4 aliphatic rings. The fourth-order valence-electron chi connectivity index (χ4n) is 5.62. The average Bonchev–Trinajstić information content (AvgIpc) is 2.46. The summed E-state index contributed by atoms with van der Waals surface area (Å²) in [6.45, 7) is 8.16. The summed E-state index contributed by atoms with van der Waals surface area (Å²) in [5, 5.41) is 21.5. The number of carbonyl (C=O) groups excluding carboxylic acids is 1. The maximum Gasteiger partial charge on any atom is 0.162 e. The van der Waals surface area contributed by atoms with Crippen molar-refractivity contribution in [3.8, 4) is 0 Å². The Balaban J connectivity index is 1.93. The summed E-state index contributed by atoms with van der Waals surface area (Å²) in [6.07, 6.45) is 2.96. The number of rotatable bonds is 0. The first-order valence-corrected chi connectivity index (χ1v) is 8.97. The van der Waals surface area contributed by atoms with Crippen LogP contribution in [0.4, 0.5) is 0 Å². The molecule has 2 aliphatic heterocycles. The lowest BCUT2D eigenvalue weighted by atomic mass is 9.51. The van der Waals surface area contributed by atoms with E-state index in [-0.39, 0.29) is 34.6 Å². The molecule has 2 bridgehead atoms. The van der Waals surface area contributed by atoms with E-state index in [1.54, 1.807) is 6.92 Å². The van der Waals surface area contributed by atoms with E-state index >= 15 is 0 Å². The highest BCUT2D eigenvalue weighted by Gasteiger charge is 2.63. The molecule has 0 aromatic rings. The average molecular weight is 320 g/mol. The van der Waals surface area contributed by atoms with Crippen LogP contribution in [0.3, 0.4) is 0 Å². The summed E-state index contributed by atoms with van der Waals surface area (Å²) < 4.78 is 6.47. The van der Waals surface area contributed by atoms with Gasteiger partial charge in [-0.25, -0.2) is 0 Å². The standard InChI is InChI=1S/C19H28O4/c1-10-9-12(20)14-13-11(5-6-18(3,22)15(13)21)19(4)8-7-17(10,2)16(14)23-19/h10-11,13,15,21-22H,5-9H2,1-4H3/t10-,11+,13+,15-,17+,18+,19-/m1/s1. The number of hydrogen-bond acceptors (Lipinski definition) is 4. The van der Waals surface area contributed by atoms with Crippen molar-refractivity contribution in [1.82, 2.24) is 0 Å². The Morgan fingerprint density at radius 2 is 1.87 bits per heavy atom. The highest BCUT2D eigenvalue weighted by Crippen LogP contribution is 2.63. The molecule has 0 amide bonds. The van der Waals surface area contributed by atoms with Crippen molar-refractivity contribution in [3.05, 3.63) is 11.3 Å². The van der Waals surface area contributed by atoms with Crippen LogP contribution in [0.15, 0.2) is 11.3 Å². The molecule has 1 saturated carbocycles. The highest BCUT2D eigenvalue weighted by molar-refractivity contribution is 5.98. The van der Waals surface area contributed by atoms with Crippen LogP contribution in [0.1, 0.15) is 59.8 Å². The molecule has 7 atom stereocenters. The second-order valence-corrected chi connectivity index (χ2v) is 9.08. The number of ketones is 1. The molecule has 23 heavy (non-hydrogen) atoms. The van der Waals surface area contributed by atoms with Gasteiger partial charge in [0.15, 0.2) is 5.78 Å². The first-order chi connectivity index (χ1) is 10.6. The van der Waals surface area contributed by atoms with Crippen molar-refractivity contribution in [3.63, 3.8) is 0 Å². The summed E-state index contributed by atoms with van der Waals surface area (Å²) in [7, 11) is 0. The fraction of sp³-hybridized carbons (Fsp3) is 0.842. The number of fused-ring (bicyclic) bond motifs is 4. The van der Waals surface area contributed by atoms with Gasteiger partial charge in [-0.2, -0.15) is 0 Å². The van der Waals surface area contributed by atoms with Crippen molar-refractivity contribution >= 4 is 5.78 Å². The van der Waals surface area contributed by atoms with E-state index in [0.717, 1.165) is 25.0 Å². The van der Waals surface area contributed by atoms with Gasteiger partial charge in [0.1, 0.15) is 11.4 Å². The molecule has 2 aliphatic carbocycles. The maximum absolute atomic E-state index is 12.8. The van der Waals surface area contributed by atoms with Gasteiger partial charge in [0.2, 0.25) is 0 Å². The third-order valence-corrected chi connectivity index (χ3v) is 7.61. The van der Waals surface area contributed by atoms with Crippen molar-refractivity contribution < 1.29 is 19.7 Å². The van der Waals surface area contributed by atoms with Crippen molar-refractivity contribution in [2.24, 2.45) is 23.2 Å². The first kappa shape index (κ1) is 15.6. The third kappa shape index (κ3) is 1.82. The Bertz CT molecular complexity index is 606. The zero-order valence-electron chi connectivity index (χ0n) is 14.6. The zero-order valence-corrected chi connectivity index (χ0v) is 14.6. The van der Waals surface area contributed by atoms with Gasteiger partial charge in [-0.05, 0) is 45.4 Å². The molecule has 4 rings (SSSR count). The molecular weight excluding hydrogens is 292 g/mol. The Kier molecular flexibility index (Phi) is 2.99. The number of Topliss-reactive ketones (excluding diaryl/α,β-unsaturated/α-hetero) is 1. The highest BCUT2D eigenvalue weighted by atomic mass is 16.5. The molecule has 2 N–H and O–H groups in total. The summed E-state index contributed by atoms with van der Waals surface area (Å²) in [5.41, 5.74) is -0.870. The smallest absolute Gasteiger partial charge is 0.162 e. The number of allylic oxidation sites excluding steroid dienone is 1. The Hall–Kier alpha value is -0.870. The molecule has 128 valence electrons. The van der Waals surface area contributed by atoms with Gasteiger partial charge in [0.25, 0.3) is 0 Å². The predicted molar refractivity (Wildman–Crippen MR) is 85.5 cm³/mol. The van der Waals surface area contributed by atoms with Crippen LogP contribution in [0.2, 0.25) is 0 Å². The van der Waals surface area contributed by atoms with Crippen molar-refractivity contribution in [2.75, 3.05) is 0 Å². The van der Waals surface area contributed by atoms with Crippen LogP contribution in [0.5, 0.6) is 0 Å². The van der Waals surface area contributed by atoms with E-state index in [2.05, 4.69) is 20.8 Å². The lowest BCUT2D eigenvalue weighted by molar-refractivity contribution is -0.203. The minimum Gasteiger partial charge on any atom is -0.491 e. The zero-order chi connectivity index (χ0) is 16.8. The molecule has 0 aromatic heterocycles. The summed E-state index contributed by atoms with van der Waals surface area (Å²) in [6, 6.07) is 0. The van der Waals surface area contributed by atoms with Crippen LogP contribution in [0.25, 0.3) is 0 Å². The molecule has 0 aromatic carbocycles. The normalized spacial score (nSPS) is 55.3. The van der Waals surface area contributed by atoms with Crippen molar-refractivity contribution in [2.45, 2.75) is 77.1 Å². The van der Waals surface area contributed by atoms with Gasteiger partial charge in [0.05, 0.1) is 11.7 Å². The van der Waals surface area contributed by atoms with Gasteiger partial charge in [-0.15, -0.1) is 0 Å². The minimum atomic E-state index is -1.13. The van der Waals surface area contributed by atoms with E-state index in [1.165, 1.54) is 0 Å². The SMILES string of the molecule is C[C@@H]1CC(=O)C2=C3O[C@](C)(CC[C@]31C)[C@H]1CC[C@](C)(O)[C@H](O)[C@H]21. The van der Waals surface area contributed by atoms with Gasteiger partial charge in [-0.3, -0.25) is 4.79 Å². The van der Waals surface area contributed by atoms with E-state index in [1.807, 2.05) is 0 Å². The van der Waals surface area contributed by atoms with Crippen LogP contribution < -0.4 is 0 Å². The maximum atomic E-state index is 12.8. The minimum absolute atomic E-state index is 0.110. The molecule has 0 spiro atoms. The molecule has 2 heterocycles. The topological polar surface area (TPSA) is 66.8 Å². The number of ether oxygens (including phenoxy) is 1. The molecule has 2 fully saturated rings. The lowest BCUT2D eigenvalue weighted by Gasteiger charge is -2.61. The first-order valence-electron chi connectivity index (χ1n) is 8.97. The summed E-state index contributed by atoms with van der Waals surface area (Å²) in [4.78, 5) is 12.8. The van der Waals surface area contributed by atoms with Crippen LogP contribution in [-0.4, -0.2) is 33.3 Å². The Morgan fingerprint density at radius 3 is 2.57 bits per heavy atom. The monoisotopic (exact) mass is 320 g/mol. The Morgan fingerprint density at radius 1 is 1.17 bits per heavy atom. The second-order valence-electron chi connectivity index (χ2n) is 9.08. The molecule has 4 nitrogen and oxygen atoms in total. The van der Waals surface area contributed by atoms with Crippen LogP contribution in [-0.2, 0) is 9.53 Å². The van der Waals surface area contributed by atoms with Crippen LogP contribution in [0, 0.1) is 23.2 Å². The number of aliphatic hydroxyl groups excluding tert-OH is 1. The number of hydrogen-bond donors (Lipinski definition) is 2. The third-order valence-electron chi connectivity index (χ3n) is 7.61. The Labute approximate surface area is 137 Å². The summed E-state index contributed by atoms with van der Waals surface area (Å²) in [5.74, 6) is 1.02. The van der Waals surface area contributed by atoms with Gasteiger partial charge >= 0.3 is 0 Å². The summed E-state index contributed by atoms with van der Waals surface area (Å²) >= 11 is 0. The van der Waals surface area contributed by atoms with Crippen LogP contribution >= 0.6 is 0 Å². The quantitative estimate of drug-likeness (QED) is 0.720. The molecule has 0 radical (unpaired) electrons. The van der Waals surface area contributed by atoms with E-state index in [4.69, 9.17) is 4.74 Å². The van der Waals surface area contributed by atoms with Gasteiger partial charge < -0.3 is 14.9 Å². The number of carbonyl (C=O) groups is 1. The van der Waals surface area contributed by atoms with Crippen molar-refractivity contribution in [1.29, 1.82) is 0 Å². The largest absolute Gasteiger partial charge is 0.491 e. The van der Waals surface area contributed by atoms with E-state index in [9.17, 15) is 15.0 Å². The predicted octanol–water partition coefficient (Wildman–Crippen LogP) is 2.58. The molecule has 4 heteroatoms. The molecular formula is C19H28O4. The van der Waals surface area contributed by atoms with Gasteiger partial charge in [-0.1, -0.05) is 13.8 Å². The van der Waals surface area contributed by atoms with E-state index < -0.39 is 11.7 Å². The second kappa shape index (κ2) is 4.40. The lowest BCUT2D eigenvalue weighted by Crippen LogP contribution is -2.63.